The van der Waals surface area contributed by atoms with Gasteiger partial charge in [0.2, 0.25) is 0 Å². The number of esters is 1. The van der Waals surface area contributed by atoms with Gasteiger partial charge in [0, 0.05) is 5.56 Å². The van der Waals surface area contributed by atoms with Gasteiger partial charge < -0.3 is 14.8 Å². The molecule has 3 aromatic rings. The van der Waals surface area contributed by atoms with E-state index < -0.39 is 5.97 Å². The van der Waals surface area contributed by atoms with E-state index in [1.165, 1.54) is 0 Å². The Bertz CT molecular complexity index is 963. The Balaban J connectivity index is 1.70. The maximum Gasteiger partial charge on any atom is 0.340 e. The highest BCUT2D eigenvalue weighted by Gasteiger charge is 2.15. The van der Waals surface area contributed by atoms with Crippen LogP contribution in [0.1, 0.15) is 33.2 Å². The summed E-state index contributed by atoms with van der Waals surface area (Å²) in [7, 11) is 0. The second kappa shape index (κ2) is 8.86. The second-order valence-corrected chi connectivity index (χ2v) is 6.16. The molecule has 28 heavy (non-hydrogen) atoms. The van der Waals surface area contributed by atoms with Gasteiger partial charge in [0.25, 0.3) is 5.91 Å². The Morgan fingerprint density at radius 1 is 0.857 bits per heavy atom. The highest BCUT2D eigenvalue weighted by atomic mass is 16.5. The van der Waals surface area contributed by atoms with Crippen LogP contribution in [0, 0.1) is 6.92 Å². The van der Waals surface area contributed by atoms with Gasteiger partial charge in [0.05, 0.1) is 17.9 Å². The zero-order valence-electron chi connectivity index (χ0n) is 15.8. The van der Waals surface area contributed by atoms with Gasteiger partial charge in [-0.15, -0.1) is 0 Å². The number of amides is 1. The maximum atomic E-state index is 12.5. The molecule has 142 valence electrons. The van der Waals surface area contributed by atoms with E-state index in [1.807, 2.05) is 31.2 Å². The van der Waals surface area contributed by atoms with Crippen LogP contribution in [0.2, 0.25) is 0 Å². The first-order valence-corrected chi connectivity index (χ1v) is 8.99. The van der Waals surface area contributed by atoms with Crippen LogP contribution in [0.5, 0.6) is 11.5 Å². The Morgan fingerprint density at radius 3 is 2.11 bits per heavy atom. The number of nitrogens with one attached hydrogen (secondary N) is 1. The lowest BCUT2D eigenvalue weighted by atomic mass is 10.1. The summed E-state index contributed by atoms with van der Waals surface area (Å²) in [4.78, 5) is 24.6. The van der Waals surface area contributed by atoms with Crippen LogP contribution in [-0.2, 0) is 4.74 Å². The third kappa shape index (κ3) is 4.76. The molecule has 5 nitrogen and oxygen atoms in total. The first kappa shape index (κ1) is 19.2. The number of hydrogen-bond donors (Lipinski definition) is 1. The van der Waals surface area contributed by atoms with Crippen LogP contribution in [0.3, 0.4) is 0 Å². The molecule has 0 aliphatic carbocycles. The largest absolute Gasteiger partial charge is 0.462 e. The van der Waals surface area contributed by atoms with Gasteiger partial charge in [-0.3, -0.25) is 4.79 Å². The Labute approximate surface area is 163 Å². The fraction of sp³-hybridized carbons (Fsp3) is 0.130. The molecule has 0 saturated heterocycles. The van der Waals surface area contributed by atoms with Crippen molar-refractivity contribution in [2.24, 2.45) is 0 Å². The lowest BCUT2D eigenvalue weighted by molar-refractivity contribution is 0.0527. The molecule has 0 aromatic heterocycles. The normalized spacial score (nSPS) is 10.2. The minimum Gasteiger partial charge on any atom is -0.462 e. The van der Waals surface area contributed by atoms with E-state index in [9.17, 15) is 9.59 Å². The maximum absolute atomic E-state index is 12.5. The summed E-state index contributed by atoms with van der Waals surface area (Å²) in [6, 6.07) is 21.3. The van der Waals surface area contributed by atoms with Crippen LogP contribution < -0.4 is 10.1 Å². The van der Waals surface area contributed by atoms with Gasteiger partial charge in [-0.1, -0.05) is 29.8 Å². The average Bonchev–Trinajstić information content (AvgIpc) is 2.71. The molecule has 1 N–H and O–H groups in total. The fourth-order valence-electron chi connectivity index (χ4n) is 2.59. The molecule has 0 spiro atoms. The van der Waals surface area contributed by atoms with Crippen molar-refractivity contribution in [2.75, 3.05) is 11.9 Å². The van der Waals surface area contributed by atoms with Gasteiger partial charge in [-0.2, -0.15) is 0 Å². The molecule has 1 amide bonds. The summed E-state index contributed by atoms with van der Waals surface area (Å²) in [6.45, 7) is 4.01. The number of rotatable bonds is 6. The Hall–Kier alpha value is -3.60. The predicted octanol–water partition coefficient (Wildman–Crippen LogP) is 5.22. The zero-order valence-corrected chi connectivity index (χ0v) is 15.8. The third-order valence-electron chi connectivity index (χ3n) is 4.04. The molecule has 0 heterocycles. The van der Waals surface area contributed by atoms with Crippen LogP contribution in [0.4, 0.5) is 5.69 Å². The summed E-state index contributed by atoms with van der Waals surface area (Å²) in [5.74, 6) is 0.567. The lowest BCUT2D eigenvalue weighted by Crippen LogP contribution is -2.15. The molecule has 5 heteroatoms. The number of anilines is 1. The van der Waals surface area contributed by atoms with E-state index in [1.54, 1.807) is 55.5 Å². The predicted molar refractivity (Wildman–Crippen MR) is 108 cm³/mol. The minimum atomic E-state index is -0.472. The van der Waals surface area contributed by atoms with Crippen molar-refractivity contribution in [3.8, 4) is 11.5 Å². The average molecular weight is 375 g/mol. The molecular weight excluding hydrogens is 354 g/mol. The highest BCUT2D eigenvalue weighted by Crippen LogP contribution is 2.23. The number of hydrogen-bond acceptors (Lipinski definition) is 4. The van der Waals surface area contributed by atoms with Crippen molar-refractivity contribution in [2.45, 2.75) is 13.8 Å². The molecule has 0 atom stereocenters. The van der Waals surface area contributed by atoms with E-state index in [0.29, 0.717) is 22.6 Å². The molecule has 0 bridgehead atoms. The monoisotopic (exact) mass is 375 g/mol. The van der Waals surface area contributed by atoms with Crippen molar-refractivity contribution in [3.63, 3.8) is 0 Å². The van der Waals surface area contributed by atoms with E-state index >= 15 is 0 Å². The Morgan fingerprint density at radius 2 is 1.46 bits per heavy atom. The van der Waals surface area contributed by atoms with Crippen molar-refractivity contribution < 1.29 is 19.1 Å². The van der Waals surface area contributed by atoms with Gasteiger partial charge in [-0.25, -0.2) is 4.79 Å². The summed E-state index contributed by atoms with van der Waals surface area (Å²) in [5.41, 5.74) is 2.33. The van der Waals surface area contributed by atoms with Crippen molar-refractivity contribution in [1.29, 1.82) is 0 Å². The van der Waals surface area contributed by atoms with E-state index in [0.717, 1.165) is 11.3 Å². The molecule has 0 radical (unpaired) electrons. The molecule has 0 aliphatic heterocycles. The molecule has 0 aliphatic rings. The molecule has 0 unspecified atom stereocenters. The summed E-state index contributed by atoms with van der Waals surface area (Å²) >= 11 is 0. The molecular formula is C23H21NO4. The SMILES string of the molecule is CCOC(=O)c1ccccc1NC(=O)c1ccc(Oc2ccc(C)cc2)cc1. The van der Waals surface area contributed by atoms with Crippen LogP contribution >= 0.6 is 0 Å². The van der Waals surface area contributed by atoms with Gasteiger partial charge in [-0.05, 0) is 62.4 Å². The summed E-state index contributed by atoms with van der Waals surface area (Å²) in [5, 5.41) is 2.76. The highest BCUT2D eigenvalue weighted by molar-refractivity contribution is 6.08. The molecule has 3 aromatic carbocycles. The Kier molecular flexibility index (Phi) is 6.07. The molecule has 3 rings (SSSR count). The lowest BCUT2D eigenvalue weighted by Gasteiger charge is -2.11. The smallest absolute Gasteiger partial charge is 0.340 e. The molecule has 0 fully saturated rings. The fourth-order valence-corrected chi connectivity index (χ4v) is 2.59. The van der Waals surface area contributed by atoms with Crippen molar-refractivity contribution >= 4 is 17.6 Å². The third-order valence-corrected chi connectivity index (χ3v) is 4.04. The van der Waals surface area contributed by atoms with Gasteiger partial charge in [0.1, 0.15) is 11.5 Å². The van der Waals surface area contributed by atoms with Crippen LogP contribution in [0.15, 0.2) is 72.8 Å². The number of para-hydroxylation sites is 1. The topological polar surface area (TPSA) is 64.6 Å². The number of ether oxygens (including phenoxy) is 2. The van der Waals surface area contributed by atoms with Gasteiger partial charge in [0.15, 0.2) is 0 Å². The first-order valence-electron chi connectivity index (χ1n) is 8.99. The van der Waals surface area contributed by atoms with E-state index in [4.69, 9.17) is 9.47 Å². The van der Waals surface area contributed by atoms with E-state index in [-0.39, 0.29) is 12.5 Å². The number of benzene rings is 3. The zero-order chi connectivity index (χ0) is 19.9. The van der Waals surface area contributed by atoms with Crippen molar-refractivity contribution in [1.82, 2.24) is 0 Å². The number of carbonyl (C=O) groups is 2. The van der Waals surface area contributed by atoms with Gasteiger partial charge >= 0.3 is 5.97 Å². The summed E-state index contributed by atoms with van der Waals surface area (Å²) in [6.07, 6.45) is 0. The molecule has 0 saturated carbocycles. The number of carbonyl (C=O) groups excluding carboxylic acids is 2. The van der Waals surface area contributed by atoms with Crippen molar-refractivity contribution in [3.05, 3.63) is 89.5 Å². The van der Waals surface area contributed by atoms with Crippen LogP contribution in [0.25, 0.3) is 0 Å². The quantitative estimate of drug-likeness (QED) is 0.600. The standard InChI is InChI=1S/C23H21NO4/c1-3-27-23(26)20-6-4-5-7-21(20)24-22(25)17-10-14-19(15-11-17)28-18-12-8-16(2)9-13-18/h4-15H,3H2,1-2H3,(H,24,25). The van der Waals surface area contributed by atoms with Crippen LogP contribution in [-0.4, -0.2) is 18.5 Å². The second-order valence-electron chi connectivity index (χ2n) is 6.16. The summed E-state index contributed by atoms with van der Waals surface area (Å²) < 4.78 is 10.8. The van der Waals surface area contributed by atoms with E-state index in [2.05, 4.69) is 5.32 Å². The number of aryl methyl sites for hydroxylation is 1. The first-order chi connectivity index (χ1) is 13.6. The minimum absolute atomic E-state index is 0.267.